The van der Waals surface area contributed by atoms with E-state index in [0.717, 1.165) is 0 Å². The summed E-state index contributed by atoms with van der Waals surface area (Å²) < 4.78 is 10.8. The normalized spacial score (nSPS) is 16.2. The molecule has 0 aromatic heterocycles. The van der Waals surface area contributed by atoms with Crippen LogP contribution in [-0.2, 0) is 9.59 Å². The van der Waals surface area contributed by atoms with E-state index < -0.39 is 6.10 Å². The molecule has 6 nitrogen and oxygen atoms in total. The number of nitrogens with one attached hydrogen (secondary N) is 1. The molecule has 0 unspecified atom stereocenters. The first kappa shape index (κ1) is 15.9. The quantitative estimate of drug-likeness (QED) is 0.937. The molecule has 0 saturated carbocycles. The van der Waals surface area contributed by atoms with Gasteiger partial charge < -0.3 is 14.8 Å². The molecule has 0 aliphatic carbocycles. The average molecular weight is 326 g/mol. The number of anilines is 2. The third kappa shape index (κ3) is 3.03. The summed E-state index contributed by atoms with van der Waals surface area (Å²) in [5.74, 6) is 0.600. The molecular formula is C18H18N2O4. The van der Waals surface area contributed by atoms with Crippen LogP contribution in [0.2, 0.25) is 0 Å². The summed E-state index contributed by atoms with van der Waals surface area (Å²) in [6.07, 6.45) is -0.626. The van der Waals surface area contributed by atoms with Crippen molar-refractivity contribution in [3.8, 4) is 11.5 Å². The number of methoxy groups -OCH3 is 1. The lowest BCUT2D eigenvalue weighted by Gasteiger charge is -2.32. The summed E-state index contributed by atoms with van der Waals surface area (Å²) in [4.78, 5) is 26.2. The van der Waals surface area contributed by atoms with Gasteiger partial charge in [-0.1, -0.05) is 24.3 Å². The van der Waals surface area contributed by atoms with Crippen molar-refractivity contribution in [2.75, 3.05) is 23.9 Å². The van der Waals surface area contributed by atoms with Crippen LogP contribution in [0.4, 0.5) is 11.4 Å². The predicted octanol–water partition coefficient (Wildman–Crippen LogP) is 2.45. The second-order valence-electron chi connectivity index (χ2n) is 5.40. The van der Waals surface area contributed by atoms with E-state index in [2.05, 4.69) is 5.32 Å². The highest BCUT2D eigenvalue weighted by molar-refractivity contribution is 6.06. The summed E-state index contributed by atoms with van der Waals surface area (Å²) in [6.45, 7) is 1.57. The minimum Gasteiger partial charge on any atom is -0.495 e. The molecule has 1 heterocycles. The second kappa shape index (κ2) is 6.62. The van der Waals surface area contributed by atoms with Gasteiger partial charge in [0.05, 0.1) is 18.5 Å². The number of fused-ring (bicyclic) bond motifs is 1. The Labute approximate surface area is 140 Å². The maximum Gasteiger partial charge on any atom is 0.268 e. The molecule has 2 aromatic carbocycles. The number of rotatable bonds is 4. The molecule has 24 heavy (non-hydrogen) atoms. The number of carbonyl (C=O) groups excluding carboxylic acids is 2. The Hall–Kier alpha value is -3.02. The lowest BCUT2D eigenvalue weighted by molar-refractivity contribution is -0.127. The van der Waals surface area contributed by atoms with E-state index in [1.54, 1.807) is 43.3 Å². The number of nitrogens with zero attached hydrogens (tertiary/aromatic N) is 1. The molecule has 1 aliphatic heterocycles. The number of hydrogen-bond acceptors (Lipinski definition) is 4. The van der Waals surface area contributed by atoms with Crippen LogP contribution < -0.4 is 19.7 Å². The van der Waals surface area contributed by atoms with E-state index in [-0.39, 0.29) is 18.4 Å². The van der Waals surface area contributed by atoms with Crippen LogP contribution >= 0.6 is 0 Å². The number of carbonyl (C=O) groups is 2. The van der Waals surface area contributed by atoms with Crippen LogP contribution in [0.5, 0.6) is 11.5 Å². The predicted molar refractivity (Wildman–Crippen MR) is 90.5 cm³/mol. The smallest absolute Gasteiger partial charge is 0.268 e. The fourth-order valence-corrected chi connectivity index (χ4v) is 2.60. The van der Waals surface area contributed by atoms with Crippen LogP contribution in [0.1, 0.15) is 6.92 Å². The van der Waals surface area contributed by atoms with Crippen molar-refractivity contribution in [2.24, 2.45) is 0 Å². The first-order chi connectivity index (χ1) is 11.6. The Morgan fingerprint density at radius 1 is 1.21 bits per heavy atom. The van der Waals surface area contributed by atoms with Crippen molar-refractivity contribution in [1.29, 1.82) is 0 Å². The zero-order chi connectivity index (χ0) is 17.1. The number of amides is 2. The van der Waals surface area contributed by atoms with E-state index in [9.17, 15) is 9.59 Å². The molecule has 2 aromatic rings. The number of benzene rings is 2. The number of ether oxygens (including phenoxy) is 2. The summed E-state index contributed by atoms with van der Waals surface area (Å²) in [5.41, 5.74) is 1.16. The van der Waals surface area contributed by atoms with Gasteiger partial charge >= 0.3 is 0 Å². The average Bonchev–Trinajstić information content (AvgIpc) is 2.59. The van der Waals surface area contributed by atoms with Crippen LogP contribution in [0.3, 0.4) is 0 Å². The third-order valence-corrected chi connectivity index (χ3v) is 3.76. The maximum absolute atomic E-state index is 12.4. The van der Waals surface area contributed by atoms with Crippen LogP contribution in [0.25, 0.3) is 0 Å². The Bertz CT molecular complexity index is 775. The molecule has 1 aliphatic rings. The molecule has 0 spiro atoms. The van der Waals surface area contributed by atoms with Crippen molar-refractivity contribution >= 4 is 23.2 Å². The van der Waals surface area contributed by atoms with Crippen LogP contribution in [-0.4, -0.2) is 31.6 Å². The highest BCUT2D eigenvalue weighted by atomic mass is 16.5. The van der Waals surface area contributed by atoms with E-state index >= 15 is 0 Å². The van der Waals surface area contributed by atoms with Crippen molar-refractivity contribution in [2.45, 2.75) is 13.0 Å². The molecule has 124 valence electrons. The van der Waals surface area contributed by atoms with Crippen molar-refractivity contribution in [1.82, 2.24) is 0 Å². The summed E-state index contributed by atoms with van der Waals surface area (Å²) >= 11 is 0. The monoisotopic (exact) mass is 326 g/mol. The van der Waals surface area contributed by atoms with Crippen molar-refractivity contribution in [3.63, 3.8) is 0 Å². The second-order valence-corrected chi connectivity index (χ2v) is 5.40. The molecular weight excluding hydrogens is 308 g/mol. The molecule has 0 saturated heterocycles. The molecule has 1 atom stereocenters. The van der Waals surface area contributed by atoms with Gasteiger partial charge in [-0.05, 0) is 31.2 Å². The Kier molecular flexibility index (Phi) is 4.37. The zero-order valence-electron chi connectivity index (χ0n) is 13.5. The minimum atomic E-state index is -0.626. The lowest BCUT2D eigenvalue weighted by Crippen LogP contribution is -2.47. The molecule has 2 amide bonds. The molecule has 0 bridgehead atoms. The van der Waals surface area contributed by atoms with E-state index in [0.29, 0.717) is 22.9 Å². The van der Waals surface area contributed by atoms with Gasteiger partial charge in [0, 0.05) is 0 Å². The van der Waals surface area contributed by atoms with E-state index in [1.807, 2.05) is 12.1 Å². The molecule has 0 fully saturated rings. The van der Waals surface area contributed by atoms with Gasteiger partial charge in [0.1, 0.15) is 18.0 Å². The van der Waals surface area contributed by atoms with Crippen LogP contribution in [0.15, 0.2) is 48.5 Å². The Morgan fingerprint density at radius 2 is 1.92 bits per heavy atom. The lowest BCUT2D eigenvalue weighted by atomic mass is 10.2. The number of para-hydroxylation sites is 4. The molecule has 3 rings (SSSR count). The molecule has 0 radical (unpaired) electrons. The van der Waals surface area contributed by atoms with Gasteiger partial charge in [-0.15, -0.1) is 0 Å². The Balaban J connectivity index is 1.80. The van der Waals surface area contributed by atoms with Gasteiger partial charge in [-0.2, -0.15) is 0 Å². The summed E-state index contributed by atoms with van der Waals surface area (Å²) in [7, 11) is 1.54. The summed E-state index contributed by atoms with van der Waals surface area (Å²) in [6, 6.07) is 14.3. The SMILES string of the molecule is COc1ccccc1NC(=O)CN1C(=O)[C@H](C)Oc2ccccc21. The third-order valence-electron chi connectivity index (χ3n) is 3.76. The van der Waals surface area contributed by atoms with Crippen LogP contribution in [0, 0.1) is 0 Å². The van der Waals surface area contributed by atoms with Crippen molar-refractivity contribution < 1.29 is 19.1 Å². The van der Waals surface area contributed by atoms with E-state index in [1.165, 1.54) is 12.0 Å². The van der Waals surface area contributed by atoms with Gasteiger partial charge in [0.25, 0.3) is 5.91 Å². The van der Waals surface area contributed by atoms with Crippen molar-refractivity contribution in [3.05, 3.63) is 48.5 Å². The van der Waals surface area contributed by atoms with Gasteiger partial charge in [0.2, 0.25) is 5.91 Å². The summed E-state index contributed by atoms with van der Waals surface area (Å²) in [5, 5.41) is 2.78. The topological polar surface area (TPSA) is 67.9 Å². The van der Waals surface area contributed by atoms with E-state index in [4.69, 9.17) is 9.47 Å². The molecule has 6 heteroatoms. The maximum atomic E-state index is 12.4. The molecule has 1 N–H and O–H groups in total. The largest absolute Gasteiger partial charge is 0.495 e. The highest BCUT2D eigenvalue weighted by Gasteiger charge is 2.32. The number of hydrogen-bond donors (Lipinski definition) is 1. The first-order valence-corrected chi connectivity index (χ1v) is 7.60. The fourth-order valence-electron chi connectivity index (χ4n) is 2.60. The zero-order valence-corrected chi connectivity index (χ0v) is 13.5. The minimum absolute atomic E-state index is 0.0956. The highest BCUT2D eigenvalue weighted by Crippen LogP contribution is 2.33. The fraction of sp³-hybridized carbons (Fsp3) is 0.222. The standard InChI is InChI=1S/C18H18N2O4/c1-12-18(22)20(14-8-4-6-10-16(14)24-12)11-17(21)19-13-7-3-5-9-15(13)23-2/h3-10,12H,11H2,1-2H3,(H,19,21)/t12-/m0/s1. The van der Waals surface area contributed by atoms with Gasteiger partial charge in [-0.25, -0.2) is 0 Å². The van der Waals surface area contributed by atoms with Gasteiger partial charge in [-0.3, -0.25) is 14.5 Å². The van der Waals surface area contributed by atoms with Gasteiger partial charge in [0.15, 0.2) is 6.10 Å². The Morgan fingerprint density at radius 3 is 2.71 bits per heavy atom. The first-order valence-electron chi connectivity index (χ1n) is 7.60.